The average molecular weight is 466 g/mol. The smallest absolute Gasteiger partial charge is 0.262 e. The summed E-state index contributed by atoms with van der Waals surface area (Å²) >= 11 is 0. The van der Waals surface area contributed by atoms with Gasteiger partial charge in [-0.1, -0.05) is 12.1 Å². The molecule has 2 aliphatic rings. The Morgan fingerprint density at radius 3 is 2.15 bits per heavy atom. The van der Waals surface area contributed by atoms with Gasteiger partial charge >= 0.3 is 0 Å². The Kier molecular flexibility index (Phi) is 7.47. The van der Waals surface area contributed by atoms with Crippen LogP contribution in [0.15, 0.2) is 53.6 Å². The zero-order valence-electron chi connectivity index (χ0n) is 19.9. The fourth-order valence-electron chi connectivity index (χ4n) is 4.08. The van der Waals surface area contributed by atoms with Crippen molar-refractivity contribution < 1.29 is 23.8 Å². The van der Waals surface area contributed by atoms with Crippen molar-refractivity contribution in [1.82, 2.24) is 9.91 Å². The molecule has 0 spiro atoms. The molecule has 0 aromatic heterocycles. The van der Waals surface area contributed by atoms with Crippen LogP contribution in [0.5, 0.6) is 11.5 Å². The molecule has 1 aliphatic carbocycles. The molecule has 8 nitrogen and oxygen atoms in total. The molecule has 1 heterocycles. The van der Waals surface area contributed by atoms with Crippen molar-refractivity contribution in [3.05, 3.63) is 59.7 Å². The fourth-order valence-corrected chi connectivity index (χ4v) is 4.08. The van der Waals surface area contributed by atoms with E-state index in [1.165, 1.54) is 5.01 Å². The van der Waals surface area contributed by atoms with Gasteiger partial charge in [-0.15, -0.1) is 0 Å². The Hall–Kier alpha value is -3.39. The number of benzene rings is 2. The first-order valence-corrected chi connectivity index (χ1v) is 11.5. The fraction of sp³-hybridized carbons (Fsp3) is 0.423. The Balaban J connectivity index is 1.59. The summed E-state index contributed by atoms with van der Waals surface area (Å²) in [6.07, 6.45) is 2.34. The number of hydrazone groups is 1. The van der Waals surface area contributed by atoms with E-state index in [1.54, 1.807) is 26.2 Å². The Labute approximate surface area is 200 Å². The van der Waals surface area contributed by atoms with Crippen molar-refractivity contribution in [3.8, 4) is 11.5 Å². The zero-order chi connectivity index (χ0) is 24.1. The molecule has 0 N–H and O–H groups in total. The number of amides is 2. The number of ether oxygens (including phenoxy) is 3. The number of hydrogen-bond acceptors (Lipinski definition) is 6. The molecule has 1 atom stereocenters. The molecular formula is C26H31N3O5. The number of carbonyl (C=O) groups is 2. The van der Waals surface area contributed by atoms with Crippen LogP contribution in [0.4, 0.5) is 0 Å². The molecule has 0 radical (unpaired) electrons. The number of methoxy groups -OCH3 is 3. The van der Waals surface area contributed by atoms with Gasteiger partial charge < -0.3 is 19.1 Å². The first-order chi connectivity index (χ1) is 16.5. The van der Waals surface area contributed by atoms with Crippen molar-refractivity contribution in [3.63, 3.8) is 0 Å². The summed E-state index contributed by atoms with van der Waals surface area (Å²) < 4.78 is 15.7. The zero-order valence-corrected chi connectivity index (χ0v) is 19.9. The number of carbonyl (C=O) groups excluding carboxylic acids is 2. The summed E-state index contributed by atoms with van der Waals surface area (Å²) in [6.45, 7) is 0.742. The molecule has 1 unspecified atom stereocenters. The number of hydrogen-bond donors (Lipinski definition) is 0. The van der Waals surface area contributed by atoms with Crippen LogP contribution < -0.4 is 9.47 Å². The molecule has 2 aromatic rings. The predicted molar refractivity (Wildman–Crippen MR) is 128 cm³/mol. The molecule has 1 aliphatic heterocycles. The lowest BCUT2D eigenvalue weighted by atomic mass is 9.98. The van der Waals surface area contributed by atoms with Gasteiger partial charge in [0.15, 0.2) is 0 Å². The van der Waals surface area contributed by atoms with Crippen LogP contribution in [-0.4, -0.2) is 68.5 Å². The maximum Gasteiger partial charge on any atom is 0.262 e. The quantitative estimate of drug-likeness (QED) is 0.538. The highest BCUT2D eigenvalue weighted by Crippen LogP contribution is 2.35. The van der Waals surface area contributed by atoms with E-state index in [1.807, 2.05) is 48.5 Å². The Morgan fingerprint density at radius 2 is 1.59 bits per heavy atom. The molecule has 8 heteroatoms. The number of rotatable bonds is 10. The largest absolute Gasteiger partial charge is 0.497 e. The Morgan fingerprint density at radius 1 is 0.971 bits per heavy atom. The van der Waals surface area contributed by atoms with Crippen molar-refractivity contribution >= 4 is 17.5 Å². The second kappa shape index (κ2) is 10.7. The van der Waals surface area contributed by atoms with Crippen molar-refractivity contribution in [2.75, 3.05) is 41.0 Å². The molecule has 0 bridgehead atoms. The molecule has 2 aromatic carbocycles. The molecule has 4 rings (SSSR count). The van der Waals surface area contributed by atoms with Gasteiger partial charge in [0.25, 0.3) is 5.91 Å². The average Bonchev–Trinajstić information content (AvgIpc) is 3.64. The molecule has 180 valence electrons. The highest BCUT2D eigenvalue weighted by atomic mass is 16.5. The van der Waals surface area contributed by atoms with Gasteiger partial charge in [0, 0.05) is 26.0 Å². The van der Waals surface area contributed by atoms with Crippen LogP contribution in [-0.2, 0) is 14.3 Å². The van der Waals surface area contributed by atoms with Crippen molar-refractivity contribution in [1.29, 1.82) is 0 Å². The van der Waals surface area contributed by atoms with Gasteiger partial charge in [-0.25, -0.2) is 5.01 Å². The van der Waals surface area contributed by atoms with E-state index in [2.05, 4.69) is 0 Å². The highest BCUT2D eigenvalue weighted by Gasteiger charge is 2.37. The number of nitrogens with zero attached hydrogens (tertiary/aromatic N) is 3. The van der Waals surface area contributed by atoms with Crippen molar-refractivity contribution in [2.45, 2.75) is 25.3 Å². The Bertz CT molecular complexity index is 1030. The molecular weight excluding hydrogens is 434 g/mol. The highest BCUT2D eigenvalue weighted by molar-refractivity contribution is 6.03. The molecule has 0 saturated heterocycles. The summed E-state index contributed by atoms with van der Waals surface area (Å²) in [4.78, 5) is 27.9. The van der Waals surface area contributed by atoms with Crippen LogP contribution >= 0.6 is 0 Å². The lowest BCUT2D eigenvalue weighted by Crippen LogP contribution is -2.43. The van der Waals surface area contributed by atoms with E-state index in [-0.39, 0.29) is 30.3 Å². The minimum Gasteiger partial charge on any atom is -0.497 e. The van der Waals surface area contributed by atoms with Gasteiger partial charge in [-0.05, 0) is 60.4 Å². The van der Waals surface area contributed by atoms with Crippen LogP contribution in [0.3, 0.4) is 0 Å². The van der Waals surface area contributed by atoms with Gasteiger partial charge in [0.1, 0.15) is 18.0 Å². The normalized spacial score (nSPS) is 17.3. The summed E-state index contributed by atoms with van der Waals surface area (Å²) in [7, 11) is 4.84. The van der Waals surface area contributed by atoms with Crippen LogP contribution in [0.25, 0.3) is 0 Å². The van der Waals surface area contributed by atoms with E-state index in [0.717, 1.165) is 41.2 Å². The van der Waals surface area contributed by atoms with Crippen LogP contribution in [0, 0.1) is 5.92 Å². The van der Waals surface area contributed by atoms with E-state index >= 15 is 0 Å². The first kappa shape index (κ1) is 23.8. The third-order valence-electron chi connectivity index (χ3n) is 6.22. The maximum absolute atomic E-state index is 13.5. The van der Waals surface area contributed by atoms with E-state index in [9.17, 15) is 9.59 Å². The van der Waals surface area contributed by atoms with E-state index in [0.29, 0.717) is 19.6 Å². The molecule has 2 amide bonds. The van der Waals surface area contributed by atoms with Gasteiger partial charge in [0.2, 0.25) is 5.91 Å². The summed E-state index contributed by atoms with van der Waals surface area (Å²) in [6, 6.07) is 15.0. The molecule has 34 heavy (non-hydrogen) atoms. The third-order valence-corrected chi connectivity index (χ3v) is 6.22. The third kappa shape index (κ3) is 5.39. The summed E-state index contributed by atoms with van der Waals surface area (Å²) in [5, 5.41) is 6.26. The van der Waals surface area contributed by atoms with E-state index < -0.39 is 0 Å². The second-order valence-electron chi connectivity index (χ2n) is 8.53. The topological polar surface area (TPSA) is 80.7 Å². The predicted octanol–water partition coefficient (Wildman–Crippen LogP) is 3.27. The second-order valence-corrected chi connectivity index (χ2v) is 8.53. The lowest BCUT2D eigenvalue weighted by Gasteiger charge is -2.27. The van der Waals surface area contributed by atoms with Crippen LogP contribution in [0.2, 0.25) is 0 Å². The van der Waals surface area contributed by atoms with Crippen molar-refractivity contribution in [2.24, 2.45) is 11.0 Å². The molecule has 1 fully saturated rings. The molecule has 1 saturated carbocycles. The minimum absolute atomic E-state index is 0.0185. The lowest BCUT2D eigenvalue weighted by molar-refractivity contribution is -0.142. The summed E-state index contributed by atoms with van der Waals surface area (Å²) in [5.41, 5.74) is 2.70. The maximum atomic E-state index is 13.5. The SMILES string of the molecule is COCCN(CC(=O)N1N=C(c2ccc(OC)cc2)CC1c1ccc(OC)cc1)C(=O)C1CC1. The minimum atomic E-state index is -0.268. The monoisotopic (exact) mass is 465 g/mol. The standard InChI is InChI=1S/C26H31N3O5/c1-32-15-14-28(26(31)20-4-5-20)17-25(30)29-24(19-8-12-22(34-3)13-9-19)16-23(27-29)18-6-10-21(33-2)11-7-18/h6-13,20,24H,4-5,14-17H2,1-3H3. The summed E-state index contributed by atoms with van der Waals surface area (Å²) in [5.74, 6) is 1.34. The van der Waals surface area contributed by atoms with Gasteiger partial charge in [-0.2, -0.15) is 5.10 Å². The first-order valence-electron chi connectivity index (χ1n) is 11.5. The van der Waals surface area contributed by atoms with Gasteiger partial charge in [-0.3, -0.25) is 9.59 Å². The van der Waals surface area contributed by atoms with Gasteiger partial charge in [0.05, 0.1) is 32.6 Å². The van der Waals surface area contributed by atoms with Crippen LogP contribution in [0.1, 0.15) is 36.4 Å². The van der Waals surface area contributed by atoms with E-state index in [4.69, 9.17) is 19.3 Å².